The molecular formula is C19H30N2O2. The molecule has 23 heavy (non-hydrogen) atoms. The van der Waals surface area contributed by atoms with Crippen molar-refractivity contribution in [3.8, 4) is 0 Å². The fourth-order valence-corrected chi connectivity index (χ4v) is 3.21. The number of carbonyl (C=O) groups is 1. The van der Waals surface area contributed by atoms with Gasteiger partial charge in [-0.25, -0.2) is 0 Å². The van der Waals surface area contributed by atoms with Gasteiger partial charge in [-0.2, -0.15) is 0 Å². The molecule has 128 valence electrons. The van der Waals surface area contributed by atoms with Gasteiger partial charge < -0.3 is 14.5 Å². The van der Waals surface area contributed by atoms with Crippen LogP contribution < -0.4 is 0 Å². The summed E-state index contributed by atoms with van der Waals surface area (Å²) < 4.78 is 5.31. The zero-order chi connectivity index (χ0) is 17.0. The largest absolute Gasteiger partial charge is 0.378 e. The van der Waals surface area contributed by atoms with Crippen LogP contribution in [-0.4, -0.2) is 56.1 Å². The van der Waals surface area contributed by atoms with Crippen molar-refractivity contribution >= 4 is 5.91 Å². The second-order valence-corrected chi connectivity index (χ2v) is 7.04. The topological polar surface area (TPSA) is 32.8 Å². The van der Waals surface area contributed by atoms with Crippen LogP contribution in [0.2, 0.25) is 0 Å². The maximum absolute atomic E-state index is 12.5. The van der Waals surface area contributed by atoms with E-state index in [0.29, 0.717) is 44.2 Å². The molecule has 4 heteroatoms. The number of rotatable bonds is 5. The number of hydrogen-bond donors (Lipinski definition) is 0. The maximum atomic E-state index is 12.5. The predicted molar refractivity (Wildman–Crippen MR) is 93.6 cm³/mol. The van der Waals surface area contributed by atoms with Gasteiger partial charge >= 0.3 is 0 Å². The molecule has 1 aromatic rings. The van der Waals surface area contributed by atoms with Gasteiger partial charge in [0.2, 0.25) is 0 Å². The molecule has 0 radical (unpaired) electrons. The Bertz CT molecular complexity index is 505. The molecule has 1 amide bonds. The zero-order valence-electron chi connectivity index (χ0n) is 15.1. The van der Waals surface area contributed by atoms with Gasteiger partial charge in [-0.05, 0) is 43.6 Å². The Kier molecular flexibility index (Phi) is 6.19. The van der Waals surface area contributed by atoms with Crippen LogP contribution in [0.4, 0.5) is 0 Å². The highest BCUT2D eigenvalue weighted by Crippen LogP contribution is 2.31. The molecule has 2 rings (SSSR count). The molecule has 4 nitrogen and oxygen atoms in total. The van der Waals surface area contributed by atoms with Crippen molar-refractivity contribution in [2.75, 3.05) is 40.4 Å². The molecule has 0 bridgehead atoms. The van der Waals surface area contributed by atoms with Crippen LogP contribution in [0.3, 0.4) is 0 Å². The van der Waals surface area contributed by atoms with E-state index in [1.807, 2.05) is 17.0 Å². The van der Waals surface area contributed by atoms with Crippen molar-refractivity contribution in [3.05, 3.63) is 35.4 Å². The first-order valence-corrected chi connectivity index (χ1v) is 8.55. The molecule has 0 unspecified atom stereocenters. The lowest BCUT2D eigenvalue weighted by molar-refractivity contribution is 0.0303. The number of benzene rings is 1. The Balaban J connectivity index is 2.15. The highest BCUT2D eigenvalue weighted by molar-refractivity contribution is 5.94. The van der Waals surface area contributed by atoms with Crippen LogP contribution in [0, 0.1) is 11.8 Å². The second-order valence-electron chi connectivity index (χ2n) is 7.04. The smallest absolute Gasteiger partial charge is 0.254 e. The van der Waals surface area contributed by atoms with Gasteiger partial charge in [0.1, 0.15) is 0 Å². The number of morpholine rings is 1. The van der Waals surface area contributed by atoms with Crippen LogP contribution in [0.25, 0.3) is 0 Å². The van der Waals surface area contributed by atoms with Gasteiger partial charge in [-0.1, -0.05) is 32.9 Å². The van der Waals surface area contributed by atoms with Crippen LogP contribution in [-0.2, 0) is 4.74 Å². The summed E-state index contributed by atoms with van der Waals surface area (Å²) in [4.78, 5) is 16.7. The fourth-order valence-electron chi connectivity index (χ4n) is 3.21. The fraction of sp³-hybridized carbons (Fsp3) is 0.632. The minimum absolute atomic E-state index is 0.109. The molecule has 1 fully saturated rings. The van der Waals surface area contributed by atoms with Gasteiger partial charge in [0.05, 0.1) is 13.2 Å². The summed E-state index contributed by atoms with van der Waals surface area (Å²) in [6, 6.07) is 8.52. The molecule has 1 heterocycles. The van der Waals surface area contributed by atoms with E-state index < -0.39 is 0 Å². The van der Waals surface area contributed by atoms with Gasteiger partial charge in [0, 0.05) is 24.7 Å². The lowest BCUT2D eigenvalue weighted by Crippen LogP contribution is -2.40. The number of amides is 1. The van der Waals surface area contributed by atoms with Crippen molar-refractivity contribution in [2.45, 2.75) is 26.8 Å². The van der Waals surface area contributed by atoms with Crippen molar-refractivity contribution in [1.29, 1.82) is 0 Å². The molecule has 2 atom stereocenters. The highest BCUT2D eigenvalue weighted by atomic mass is 16.5. The van der Waals surface area contributed by atoms with Gasteiger partial charge in [0.15, 0.2) is 0 Å². The van der Waals surface area contributed by atoms with Gasteiger partial charge in [-0.3, -0.25) is 4.79 Å². The third kappa shape index (κ3) is 4.33. The Hall–Kier alpha value is -1.39. The first-order valence-electron chi connectivity index (χ1n) is 8.55. The van der Waals surface area contributed by atoms with E-state index in [2.05, 4.69) is 51.9 Å². The van der Waals surface area contributed by atoms with Crippen molar-refractivity contribution in [1.82, 2.24) is 9.80 Å². The minimum Gasteiger partial charge on any atom is -0.378 e. The third-order valence-electron chi connectivity index (χ3n) is 4.90. The first kappa shape index (κ1) is 18.0. The molecule has 1 aliphatic rings. The summed E-state index contributed by atoms with van der Waals surface area (Å²) in [6.07, 6.45) is 0. The van der Waals surface area contributed by atoms with Crippen LogP contribution in [0.15, 0.2) is 24.3 Å². The van der Waals surface area contributed by atoms with Crippen LogP contribution >= 0.6 is 0 Å². The number of hydrogen-bond acceptors (Lipinski definition) is 3. The number of nitrogens with zero attached hydrogens (tertiary/aromatic N) is 2. The van der Waals surface area contributed by atoms with E-state index in [0.717, 1.165) is 5.56 Å². The summed E-state index contributed by atoms with van der Waals surface area (Å²) in [5.74, 6) is 1.26. The van der Waals surface area contributed by atoms with Crippen molar-refractivity contribution in [2.24, 2.45) is 11.8 Å². The molecule has 0 aromatic heterocycles. The average Bonchev–Trinajstić information content (AvgIpc) is 2.55. The summed E-state index contributed by atoms with van der Waals surface area (Å²) in [5, 5.41) is 0. The summed E-state index contributed by atoms with van der Waals surface area (Å²) in [7, 11) is 4.24. The Labute approximate surface area is 140 Å². The van der Waals surface area contributed by atoms with Gasteiger partial charge in [-0.15, -0.1) is 0 Å². The van der Waals surface area contributed by atoms with E-state index in [4.69, 9.17) is 4.74 Å². The molecule has 0 spiro atoms. The van der Waals surface area contributed by atoms with E-state index >= 15 is 0 Å². The summed E-state index contributed by atoms with van der Waals surface area (Å²) in [6.45, 7) is 9.46. The first-order chi connectivity index (χ1) is 10.9. The maximum Gasteiger partial charge on any atom is 0.254 e. The summed E-state index contributed by atoms with van der Waals surface area (Å²) >= 11 is 0. The second kappa shape index (κ2) is 7.93. The molecule has 0 saturated carbocycles. The summed E-state index contributed by atoms with van der Waals surface area (Å²) in [5.41, 5.74) is 2.04. The SMILES string of the molecule is CC(C)[C@@H](C)[C@H](c1ccc(C(=O)N2CCOCC2)cc1)N(C)C. The number of carbonyl (C=O) groups excluding carboxylic acids is 1. The normalized spacial score (nSPS) is 18.3. The lowest BCUT2D eigenvalue weighted by atomic mass is 9.85. The van der Waals surface area contributed by atoms with E-state index in [9.17, 15) is 4.79 Å². The average molecular weight is 318 g/mol. The lowest BCUT2D eigenvalue weighted by Gasteiger charge is -2.33. The Morgan fingerprint density at radius 3 is 2.13 bits per heavy atom. The predicted octanol–water partition coefficient (Wildman–Crippen LogP) is 3.05. The van der Waals surface area contributed by atoms with E-state index in [1.54, 1.807) is 0 Å². The highest BCUT2D eigenvalue weighted by Gasteiger charge is 2.24. The molecule has 1 aromatic carbocycles. The van der Waals surface area contributed by atoms with Crippen LogP contribution in [0.1, 0.15) is 42.7 Å². The third-order valence-corrected chi connectivity index (χ3v) is 4.90. The molecular weight excluding hydrogens is 288 g/mol. The van der Waals surface area contributed by atoms with E-state index in [1.165, 1.54) is 5.56 Å². The van der Waals surface area contributed by atoms with Crippen molar-refractivity contribution < 1.29 is 9.53 Å². The standard InChI is InChI=1S/C19H30N2O2/c1-14(2)15(3)18(20(4)5)16-6-8-17(9-7-16)19(22)21-10-12-23-13-11-21/h6-9,14-15,18H,10-13H2,1-5H3/t15-,18-/m1/s1. The molecule has 1 saturated heterocycles. The quantitative estimate of drug-likeness (QED) is 0.836. The van der Waals surface area contributed by atoms with E-state index in [-0.39, 0.29) is 5.91 Å². The zero-order valence-corrected chi connectivity index (χ0v) is 15.1. The van der Waals surface area contributed by atoms with Crippen molar-refractivity contribution in [3.63, 3.8) is 0 Å². The monoisotopic (exact) mass is 318 g/mol. The Morgan fingerprint density at radius 1 is 1.09 bits per heavy atom. The number of ether oxygens (including phenoxy) is 1. The van der Waals surface area contributed by atoms with Crippen LogP contribution in [0.5, 0.6) is 0 Å². The Morgan fingerprint density at radius 2 is 1.65 bits per heavy atom. The molecule has 0 N–H and O–H groups in total. The minimum atomic E-state index is 0.109. The van der Waals surface area contributed by atoms with Gasteiger partial charge in [0.25, 0.3) is 5.91 Å². The molecule has 0 aliphatic carbocycles. The molecule has 1 aliphatic heterocycles.